The van der Waals surface area contributed by atoms with E-state index in [4.69, 9.17) is 16.3 Å². The van der Waals surface area contributed by atoms with E-state index in [2.05, 4.69) is 20.4 Å². The smallest absolute Gasteiger partial charge is 0.274 e. The van der Waals surface area contributed by atoms with Crippen molar-refractivity contribution in [2.45, 2.75) is 26.5 Å². The van der Waals surface area contributed by atoms with Crippen molar-refractivity contribution < 1.29 is 14.3 Å². The Hall–Kier alpha value is -3.43. The van der Waals surface area contributed by atoms with Crippen molar-refractivity contribution in [1.82, 2.24) is 24.6 Å². The molecule has 1 atom stereocenters. The number of anilines is 1. The van der Waals surface area contributed by atoms with Gasteiger partial charge in [-0.15, -0.1) is 0 Å². The maximum Gasteiger partial charge on any atom is 0.274 e. The van der Waals surface area contributed by atoms with Gasteiger partial charge in [0, 0.05) is 31.4 Å². The summed E-state index contributed by atoms with van der Waals surface area (Å²) in [6.45, 7) is 4.27. The summed E-state index contributed by atoms with van der Waals surface area (Å²) in [4.78, 5) is 35.2. The molecule has 10 heteroatoms. The summed E-state index contributed by atoms with van der Waals surface area (Å²) >= 11 is 6.57. The van der Waals surface area contributed by atoms with Gasteiger partial charge in [-0.3, -0.25) is 14.3 Å². The quantitative estimate of drug-likeness (QED) is 0.529. The molecule has 2 aliphatic heterocycles. The molecule has 2 N–H and O–H groups in total. The molecule has 0 radical (unpaired) electrons. The number of aromatic amines is 1. The third-order valence-corrected chi connectivity index (χ3v) is 6.30. The average molecular weight is 467 g/mol. The zero-order chi connectivity index (χ0) is 23.4. The minimum Gasteiger partial charge on any atom is -0.373 e. The van der Waals surface area contributed by atoms with Crippen LogP contribution in [0.1, 0.15) is 40.2 Å². The lowest BCUT2D eigenvalue weighted by atomic mass is 9.99. The fourth-order valence-electron chi connectivity index (χ4n) is 4.16. The highest BCUT2D eigenvalue weighted by Crippen LogP contribution is 2.42. The fraction of sp³-hybridized carbons (Fsp3) is 0.304. The number of halogens is 1. The Kier molecular flexibility index (Phi) is 5.10. The van der Waals surface area contributed by atoms with Gasteiger partial charge in [0.1, 0.15) is 5.82 Å². The van der Waals surface area contributed by atoms with Crippen LogP contribution < -0.4 is 5.32 Å². The van der Waals surface area contributed by atoms with Gasteiger partial charge in [-0.05, 0) is 37.6 Å². The van der Waals surface area contributed by atoms with Crippen molar-refractivity contribution in [1.29, 1.82) is 0 Å². The summed E-state index contributed by atoms with van der Waals surface area (Å²) in [6.07, 6.45) is 3.56. The van der Waals surface area contributed by atoms with Crippen LogP contribution in [0.15, 0.2) is 18.3 Å². The Balaban J connectivity index is 1.75. The number of amides is 2. The second-order valence-electron chi connectivity index (χ2n) is 8.42. The SMILES string of the molecule is Cc1nc2c([nH]1)/C=C1/C(=O)Nc3c(Cl)cc(cc31)-c1cn(C)nc1COC[C@@H](C)N(C)C2=O. The molecule has 2 aromatic heterocycles. The minimum atomic E-state index is -0.296. The molecule has 5 rings (SSSR count). The minimum absolute atomic E-state index is 0.204. The normalized spacial score (nSPS) is 19.8. The number of benzene rings is 1. The molecule has 9 nitrogen and oxygen atoms in total. The first kappa shape index (κ1) is 21.4. The monoisotopic (exact) mass is 466 g/mol. The molecule has 4 heterocycles. The summed E-state index contributed by atoms with van der Waals surface area (Å²) in [5.41, 5.74) is 4.75. The second-order valence-corrected chi connectivity index (χ2v) is 8.83. The average Bonchev–Trinajstić information content (AvgIpc) is 3.42. The number of aromatic nitrogens is 4. The third-order valence-electron chi connectivity index (χ3n) is 6.00. The number of rotatable bonds is 0. The van der Waals surface area contributed by atoms with E-state index in [1.807, 2.05) is 32.3 Å². The molecule has 3 aromatic rings. The van der Waals surface area contributed by atoms with Crippen molar-refractivity contribution in [2.24, 2.45) is 7.05 Å². The summed E-state index contributed by atoms with van der Waals surface area (Å²) in [5.74, 6) is 0.0191. The van der Waals surface area contributed by atoms with Gasteiger partial charge in [0.15, 0.2) is 5.69 Å². The first-order valence-electron chi connectivity index (χ1n) is 10.5. The van der Waals surface area contributed by atoms with E-state index in [1.54, 1.807) is 29.6 Å². The van der Waals surface area contributed by atoms with Crippen LogP contribution in [0.2, 0.25) is 5.02 Å². The third kappa shape index (κ3) is 3.63. The highest BCUT2D eigenvalue weighted by atomic mass is 35.5. The van der Waals surface area contributed by atoms with E-state index in [-0.39, 0.29) is 30.2 Å². The van der Waals surface area contributed by atoms with Crippen LogP contribution in [0.25, 0.3) is 22.8 Å². The highest BCUT2D eigenvalue weighted by molar-refractivity contribution is 6.41. The number of hydrogen-bond acceptors (Lipinski definition) is 5. The van der Waals surface area contributed by atoms with Gasteiger partial charge < -0.3 is 19.9 Å². The Morgan fingerprint density at radius 2 is 2.00 bits per heavy atom. The first-order chi connectivity index (χ1) is 15.7. The molecule has 1 aromatic carbocycles. The molecule has 0 fully saturated rings. The van der Waals surface area contributed by atoms with Crippen molar-refractivity contribution in [3.8, 4) is 11.1 Å². The van der Waals surface area contributed by atoms with E-state index in [1.165, 1.54) is 0 Å². The Labute approximate surface area is 195 Å². The number of ether oxygens (including phenoxy) is 1. The van der Waals surface area contributed by atoms with Crippen LogP contribution in [-0.2, 0) is 23.2 Å². The van der Waals surface area contributed by atoms with Gasteiger partial charge in [-0.2, -0.15) is 5.10 Å². The fourth-order valence-corrected chi connectivity index (χ4v) is 4.42. The van der Waals surface area contributed by atoms with Crippen molar-refractivity contribution >= 4 is 40.8 Å². The maximum absolute atomic E-state index is 13.2. The molecule has 2 amide bonds. The summed E-state index contributed by atoms with van der Waals surface area (Å²) in [6, 6.07) is 3.52. The molecule has 33 heavy (non-hydrogen) atoms. The van der Waals surface area contributed by atoms with Crippen LogP contribution >= 0.6 is 11.6 Å². The number of carbonyl (C=O) groups excluding carboxylic acids is 2. The van der Waals surface area contributed by atoms with E-state index < -0.39 is 0 Å². The Morgan fingerprint density at radius 3 is 2.79 bits per heavy atom. The summed E-state index contributed by atoms with van der Waals surface area (Å²) in [7, 11) is 3.55. The molecule has 170 valence electrons. The van der Waals surface area contributed by atoms with E-state index >= 15 is 0 Å². The number of H-pyrrole nitrogens is 1. The molecule has 2 bridgehead atoms. The topological polar surface area (TPSA) is 105 Å². The van der Waals surface area contributed by atoms with E-state index in [0.717, 1.165) is 16.8 Å². The van der Waals surface area contributed by atoms with E-state index in [0.29, 0.717) is 40.0 Å². The zero-order valence-corrected chi connectivity index (χ0v) is 19.4. The second kappa shape index (κ2) is 7.86. The number of fused-ring (bicyclic) bond motifs is 4. The Bertz CT molecular complexity index is 1340. The number of nitrogens with one attached hydrogen (secondary N) is 2. The van der Waals surface area contributed by atoms with E-state index in [9.17, 15) is 9.59 Å². The van der Waals surface area contributed by atoms with Crippen LogP contribution in [0.5, 0.6) is 0 Å². The maximum atomic E-state index is 13.2. The molecule has 0 saturated heterocycles. The van der Waals surface area contributed by atoms with Crippen LogP contribution in [0.3, 0.4) is 0 Å². The standard InChI is InChI=1S/C23H23ClN6O3/c1-11-9-33-10-19-16(8-29(3)28-19)13-5-14-15(22(31)27-20(14)17(24)6-13)7-18-21(23(32)30(11)4)26-12(2)25-18/h5-8,11H,9-10H2,1-4H3,(H,25,26)(H,27,31)/b15-7+/t11-/m1/s1. The summed E-state index contributed by atoms with van der Waals surface area (Å²) < 4.78 is 7.66. The largest absolute Gasteiger partial charge is 0.373 e. The number of nitrogens with zero attached hydrogens (tertiary/aromatic N) is 4. The van der Waals surface area contributed by atoms with Crippen molar-refractivity contribution in [3.63, 3.8) is 0 Å². The zero-order valence-electron chi connectivity index (χ0n) is 18.7. The Morgan fingerprint density at radius 1 is 1.21 bits per heavy atom. The van der Waals surface area contributed by atoms with Gasteiger partial charge in [-0.25, -0.2) is 4.98 Å². The lowest BCUT2D eigenvalue weighted by molar-refractivity contribution is -0.110. The first-order valence-corrected chi connectivity index (χ1v) is 10.9. The van der Waals surface area contributed by atoms with Crippen LogP contribution in [-0.4, -0.2) is 56.2 Å². The lowest BCUT2D eigenvalue weighted by Crippen LogP contribution is -2.38. The number of carbonyl (C=O) groups is 2. The predicted molar refractivity (Wildman–Crippen MR) is 125 cm³/mol. The highest BCUT2D eigenvalue weighted by Gasteiger charge is 2.30. The number of aryl methyl sites for hydroxylation is 2. The molecular formula is C23H23ClN6O3. The van der Waals surface area contributed by atoms with Gasteiger partial charge in [-0.1, -0.05) is 11.6 Å². The van der Waals surface area contributed by atoms with Crippen LogP contribution in [0, 0.1) is 6.92 Å². The molecule has 0 saturated carbocycles. The van der Waals surface area contributed by atoms with Gasteiger partial charge >= 0.3 is 0 Å². The van der Waals surface area contributed by atoms with Gasteiger partial charge in [0.2, 0.25) is 0 Å². The van der Waals surface area contributed by atoms with Crippen molar-refractivity contribution in [3.05, 3.63) is 51.8 Å². The summed E-state index contributed by atoms with van der Waals surface area (Å²) in [5, 5.41) is 7.81. The number of imidazole rings is 1. The van der Waals surface area contributed by atoms with Crippen LogP contribution in [0.4, 0.5) is 5.69 Å². The number of likely N-dealkylation sites (N-methyl/N-ethyl adjacent to an activating group) is 1. The lowest BCUT2D eigenvalue weighted by Gasteiger charge is -2.24. The molecule has 2 aliphatic rings. The molecule has 0 aliphatic carbocycles. The van der Waals surface area contributed by atoms with Crippen molar-refractivity contribution in [2.75, 3.05) is 19.0 Å². The number of hydrogen-bond donors (Lipinski definition) is 2. The molecule has 0 unspecified atom stereocenters. The predicted octanol–water partition coefficient (Wildman–Crippen LogP) is 3.26. The molecule has 0 spiro atoms. The molecular weight excluding hydrogens is 444 g/mol. The van der Waals surface area contributed by atoms with Gasteiger partial charge in [0.05, 0.1) is 46.9 Å². The van der Waals surface area contributed by atoms with Gasteiger partial charge in [0.25, 0.3) is 11.8 Å².